The van der Waals surface area contributed by atoms with Gasteiger partial charge in [-0.2, -0.15) is 4.39 Å². The van der Waals surface area contributed by atoms with Crippen LogP contribution in [0, 0.1) is 12.9 Å². The number of halogens is 1. The molecular formula is C28H30FN5O2. The van der Waals surface area contributed by atoms with Crippen LogP contribution in [0.3, 0.4) is 0 Å². The summed E-state index contributed by atoms with van der Waals surface area (Å²) >= 11 is 0. The van der Waals surface area contributed by atoms with Gasteiger partial charge in [-0.15, -0.1) is 0 Å². The molecule has 0 bridgehead atoms. The van der Waals surface area contributed by atoms with Gasteiger partial charge in [0.15, 0.2) is 0 Å². The monoisotopic (exact) mass is 487 g/mol. The zero-order valence-corrected chi connectivity index (χ0v) is 20.8. The second-order valence-corrected chi connectivity index (χ2v) is 9.50. The number of hydrogen-bond acceptors (Lipinski definition) is 6. The normalized spacial score (nSPS) is 14.1. The number of fused-ring (bicyclic) bond motifs is 1. The Hall–Kier alpha value is -3.75. The molecule has 0 saturated carbocycles. The van der Waals surface area contributed by atoms with E-state index in [1.54, 1.807) is 18.3 Å². The second kappa shape index (κ2) is 9.72. The first-order valence-corrected chi connectivity index (χ1v) is 12.0. The molecule has 1 saturated heterocycles. The summed E-state index contributed by atoms with van der Waals surface area (Å²) in [5, 5.41) is 1.42. The molecule has 3 N–H and O–H groups in total. The largest absolute Gasteiger partial charge is 0.383 e. The van der Waals surface area contributed by atoms with Crippen LogP contribution in [0.5, 0.6) is 0 Å². The summed E-state index contributed by atoms with van der Waals surface area (Å²) in [6.45, 7) is 5.69. The van der Waals surface area contributed by atoms with Crippen molar-refractivity contribution in [3.8, 4) is 22.3 Å². The number of aromatic nitrogens is 2. The molecular weight excluding hydrogens is 457 g/mol. The highest BCUT2D eigenvalue weighted by Crippen LogP contribution is 2.35. The topological polar surface area (TPSA) is 87.5 Å². The van der Waals surface area contributed by atoms with Crippen LogP contribution in [-0.4, -0.2) is 55.3 Å². The molecule has 1 aliphatic heterocycles. The van der Waals surface area contributed by atoms with Gasteiger partial charge in [0.05, 0.1) is 13.2 Å². The fourth-order valence-corrected chi connectivity index (χ4v) is 4.84. The molecule has 1 aliphatic rings. The molecule has 0 radical (unpaired) electrons. The number of nitrogens with zero attached hydrogens (tertiary/aromatic N) is 3. The number of benzene rings is 2. The molecule has 0 unspecified atom stereocenters. The van der Waals surface area contributed by atoms with Crippen LogP contribution in [0.4, 0.5) is 15.9 Å². The first-order valence-electron chi connectivity index (χ1n) is 12.0. The molecule has 2 aromatic heterocycles. The SMILES string of the molecule is Cc1c[nH]c(=O)c2ccc(-c3cc(-c4ccc(N5CCOCC5)c(CN(C)C)c4)c(F)nc3N)cc12. The van der Waals surface area contributed by atoms with Gasteiger partial charge < -0.3 is 25.3 Å². The van der Waals surface area contributed by atoms with Gasteiger partial charge in [-0.05, 0) is 79.0 Å². The Morgan fingerprint density at radius 2 is 1.78 bits per heavy atom. The van der Waals surface area contributed by atoms with Crippen LogP contribution in [0.25, 0.3) is 33.0 Å². The number of nitrogen functional groups attached to an aromatic ring is 1. The molecule has 3 heterocycles. The molecule has 36 heavy (non-hydrogen) atoms. The maximum atomic E-state index is 15.2. The van der Waals surface area contributed by atoms with E-state index in [4.69, 9.17) is 10.5 Å². The minimum atomic E-state index is -0.611. The molecule has 0 amide bonds. The van der Waals surface area contributed by atoms with Crippen molar-refractivity contribution in [1.29, 1.82) is 0 Å². The molecule has 8 heteroatoms. The number of aryl methyl sites for hydroxylation is 1. The number of H-pyrrole nitrogens is 1. The van der Waals surface area contributed by atoms with Crippen molar-refractivity contribution in [2.45, 2.75) is 13.5 Å². The van der Waals surface area contributed by atoms with Gasteiger partial charge in [0.25, 0.3) is 5.56 Å². The van der Waals surface area contributed by atoms with Gasteiger partial charge in [-0.3, -0.25) is 4.79 Å². The van der Waals surface area contributed by atoms with E-state index in [1.807, 2.05) is 45.3 Å². The van der Waals surface area contributed by atoms with Crippen molar-refractivity contribution in [3.63, 3.8) is 0 Å². The molecule has 1 fully saturated rings. The van der Waals surface area contributed by atoms with Gasteiger partial charge in [0.1, 0.15) is 5.82 Å². The lowest BCUT2D eigenvalue weighted by Crippen LogP contribution is -2.37. The lowest BCUT2D eigenvalue weighted by Gasteiger charge is -2.31. The summed E-state index contributed by atoms with van der Waals surface area (Å²) in [4.78, 5) is 23.4. The van der Waals surface area contributed by atoms with Gasteiger partial charge >= 0.3 is 0 Å². The maximum absolute atomic E-state index is 15.2. The van der Waals surface area contributed by atoms with E-state index in [0.29, 0.717) is 29.7 Å². The number of pyridine rings is 2. The van der Waals surface area contributed by atoms with E-state index in [9.17, 15) is 4.79 Å². The zero-order chi connectivity index (χ0) is 25.4. The second-order valence-electron chi connectivity index (χ2n) is 9.50. The fraction of sp³-hybridized carbons (Fsp3) is 0.286. The molecule has 0 aliphatic carbocycles. The number of anilines is 2. The van der Waals surface area contributed by atoms with Gasteiger partial charge in [0, 0.05) is 48.0 Å². The summed E-state index contributed by atoms with van der Waals surface area (Å²) < 4.78 is 20.7. The lowest BCUT2D eigenvalue weighted by molar-refractivity contribution is 0.122. The Labute approximate surface area is 209 Å². The lowest BCUT2D eigenvalue weighted by atomic mass is 9.96. The molecule has 4 aromatic rings. The highest BCUT2D eigenvalue weighted by Gasteiger charge is 2.19. The average molecular weight is 488 g/mol. The standard InChI is InChI=1S/C28H30FN5O2/c1-17-15-31-28(35)21-6-4-19(13-22(17)21)24-14-23(26(29)32-27(24)30)18-5-7-25(20(12-18)16-33(2)3)34-8-10-36-11-9-34/h4-7,12-15H,8-11,16H2,1-3H3,(H2,30,32)(H,31,35). The number of rotatable bonds is 5. The summed E-state index contributed by atoms with van der Waals surface area (Å²) in [6, 6.07) is 13.3. The van der Waals surface area contributed by atoms with E-state index in [2.05, 4.69) is 25.8 Å². The smallest absolute Gasteiger partial charge is 0.255 e. The number of nitrogens with two attached hydrogens (primary N) is 1. The predicted molar refractivity (Wildman–Crippen MR) is 143 cm³/mol. The van der Waals surface area contributed by atoms with Crippen LogP contribution in [-0.2, 0) is 11.3 Å². The van der Waals surface area contributed by atoms with Gasteiger partial charge in [-0.25, -0.2) is 4.98 Å². The Bertz CT molecular complexity index is 1490. The average Bonchev–Trinajstić information content (AvgIpc) is 2.86. The minimum Gasteiger partial charge on any atom is -0.383 e. The third-order valence-electron chi connectivity index (χ3n) is 6.65. The fourth-order valence-electron chi connectivity index (χ4n) is 4.84. The van der Waals surface area contributed by atoms with Crippen molar-refractivity contribution in [3.05, 3.63) is 76.1 Å². The molecule has 7 nitrogen and oxygen atoms in total. The Kier molecular flexibility index (Phi) is 6.47. The number of hydrogen-bond donors (Lipinski definition) is 2. The van der Waals surface area contributed by atoms with Crippen molar-refractivity contribution in [2.75, 3.05) is 51.0 Å². The summed E-state index contributed by atoms with van der Waals surface area (Å²) in [7, 11) is 4.04. The summed E-state index contributed by atoms with van der Waals surface area (Å²) in [5.74, 6) is -0.504. The highest BCUT2D eigenvalue weighted by atomic mass is 19.1. The molecule has 2 aromatic carbocycles. The third-order valence-corrected chi connectivity index (χ3v) is 6.65. The summed E-state index contributed by atoms with van der Waals surface area (Å²) in [5.41, 5.74) is 11.7. The van der Waals surface area contributed by atoms with Crippen LogP contribution in [0.15, 0.2) is 53.5 Å². The maximum Gasteiger partial charge on any atom is 0.255 e. The molecule has 5 rings (SSSR count). The zero-order valence-electron chi connectivity index (χ0n) is 20.8. The first-order chi connectivity index (χ1) is 17.3. The molecule has 186 valence electrons. The van der Waals surface area contributed by atoms with Gasteiger partial charge in [-0.1, -0.05) is 12.1 Å². The van der Waals surface area contributed by atoms with Crippen molar-refractivity contribution in [2.24, 2.45) is 0 Å². The third kappa shape index (κ3) is 4.57. The number of aromatic amines is 1. The van der Waals surface area contributed by atoms with E-state index in [1.165, 1.54) is 0 Å². The van der Waals surface area contributed by atoms with Crippen LogP contribution in [0.2, 0.25) is 0 Å². The van der Waals surface area contributed by atoms with Crippen LogP contribution >= 0.6 is 0 Å². The Morgan fingerprint density at radius 3 is 2.53 bits per heavy atom. The first kappa shape index (κ1) is 24.0. The van der Waals surface area contributed by atoms with Crippen LogP contribution < -0.4 is 16.2 Å². The molecule has 0 atom stereocenters. The molecule has 0 spiro atoms. The number of morpholine rings is 1. The minimum absolute atomic E-state index is 0.108. The van der Waals surface area contributed by atoms with E-state index < -0.39 is 5.95 Å². The van der Waals surface area contributed by atoms with Crippen LogP contribution in [0.1, 0.15) is 11.1 Å². The predicted octanol–water partition coefficient (Wildman–Crippen LogP) is 4.19. The van der Waals surface area contributed by atoms with Crippen molar-refractivity contribution < 1.29 is 9.13 Å². The van der Waals surface area contributed by atoms with E-state index in [0.717, 1.165) is 53.0 Å². The van der Waals surface area contributed by atoms with Gasteiger partial charge in [0.2, 0.25) is 5.95 Å². The summed E-state index contributed by atoms with van der Waals surface area (Å²) in [6.07, 6.45) is 1.69. The number of ether oxygens (including phenoxy) is 1. The van der Waals surface area contributed by atoms with E-state index in [-0.39, 0.29) is 11.4 Å². The quantitative estimate of drug-likeness (QED) is 0.411. The Balaban J connectivity index is 1.61. The Morgan fingerprint density at radius 1 is 1.06 bits per heavy atom. The highest BCUT2D eigenvalue weighted by molar-refractivity contribution is 5.91. The van der Waals surface area contributed by atoms with E-state index >= 15 is 4.39 Å². The van der Waals surface area contributed by atoms with Crippen molar-refractivity contribution >= 4 is 22.3 Å². The number of nitrogens with one attached hydrogen (secondary N) is 1. The van der Waals surface area contributed by atoms with Crippen molar-refractivity contribution in [1.82, 2.24) is 14.9 Å².